The van der Waals surface area contributed by atoms with Crippen LogP contribution in [0.5, 0.6) is 0 Å². The van der Waals surface area contributed by atoms with Gasteiger partial charge in [-0.25, -0.2) is 0 Å². The molecule has 7 aromatic rings. The fraction of sp³-hybridized carbons (Fsp3) is 0.263. The van der Waals surface area contributed by atoms with E-state index < -0.39 is 0 Å². The summed E-state index contributed by atoms with van der Waals surface area (Å²) in [5.41, 5.74) is 24.1. The lowest BCUT2D eigenvalue weighted by Gasteiger charge is -2.30. The van der Waals surface area contributed by atoms with Crippen molar-refractivity contribution >= 4 is 17.1 Å². The Hall–Kier alpha value is -5.66. The molecule has 1 fully saturated rings. The first-order chi connectivity index (χ1) is 28.0. The van der Waals surface area contributed by atoms with Gasteiger partial charge in [-0.15, -0.1) is 0 Å². The van der Waals surface area contributed by atoms with Crippen molar-refractivity contribution in [3.63, 3.8) is 0 Å². The van der Waals surface area contributed by atoms with Gasteiger partial charge in [0, 0.05) is 33.3 Å². The molecule has 0 heterocycles. The number of fused-ring (bicyclic) bond motifs is 9. The fourth-order valence-corrected chi connectivity index (χ4v) is 11.8. The molecular formula is C57H53N. The second kappa shape index (κ2) is 12.7. The minimum absolute atomic E-state index is 0.0408. The Morgan fingerprint density at radius 2 is 0.845 bits per heavy atom. The molecule has 0 N–H and O–H groups in total. The van der Waals surface area contributed by atoms with Gasteiger partial charge in [0.25, 0.3) is 0 Å². The Morgan fingerprint density at radius 1 is 0.379 bits per heavy atom. The second-order valence-corrected chi connectivity index (χ2v) is 19.1. The largest absolute Gasteiger partial charge is 0.310 e. The Morgan fingerprint density at radius 3 is 1.53 bits per heavy atom. The highest BCUT2D eigenvalue weighted by molar-refractivity contribution is 5.97. The lowest BCUT2D eigenvalue weighted by atomic mass is 9.77. The molecule has 0 aliphatic heterocycles. The molecule has 58 heavy (non-hydrogen) atoms. The van der Waals surface area contributed by atoms with E-state index in [1.54, 1.807) is 0 Å². The van der Waals surface area contributed by atoms with Crippen LogP contribution in [0.25, 0.3) is 44.5 Å². The van der Waals surface area contributed by atoms with Crippen molar-refractivity contribution in [1.82, 2.24) is 0 Å². The zero-order valence-electron chi connectivity index (χ0n) is 34.9. The van der Waals surface area contributed by atoms with Crippen molar-refractivity contribution in [2.45, 2.75) is 95.8 Å². The summed E-state index contributed by atoms with van der Waals surface area (Å²) in [5, 5.41) is 0. The lowest BCUT2D eigenvalue weighted by molar-refractivity contribution is 0.443. The highest BCUT2D eigenvalue weighted by Crippen LogP contribution is 2.58. The van der Waals surface area contributed by atoms with Gasteiger partial charge in [-0.2, -0.15) is 0 Å². The predicted molar refractivity (Wildman–Crippen MR) is 245 cm³/mol. The quantitative estimate of drug-likeness (QED) is 0.169. The normalized spacial score (nSPS) is 17.5. The van der Waals surface area contributed by atoms with Crippen LogP contribution in [0, 0.1) is 0 Å². The van der Waals surface area contributed by atoms with Crippen molar-refractivity contribution in [2.24, 2.45) is 0 Å². The van der Waals surface area contributed by atoms with E-state index in [0.717, 1.165) is 0 Å². The Bertz CT molecular complexity index is 2790. The van der Waals surface area contributed by atoms with Crippen LogP contribution in [0.15, 0.2) is 146 Å². The van der Waals surface area contributed by atoms with Crippen molar-refractivity contribution in [3.8, 4) is 44.5 Å². The highest BCUT2D eigenvalue weighted by atomic mass is 15.1. The molecule has 4 aliphatic rings. The van der Waals surface area contributed by atoms with E-state index in [9.17, 15) is 0 Å². The fourth-order valence-electron chi connectivity index (χ4n) is 11.8. The minimum Gasteiger partial charge on any atom is -0.310 e. The summed E-state index contributed by atoms with van der Waals surface area (Å²) in [6.07, 6.45) is 6.68. The average Bonchev–Trinajstić information content (AvgIpc) is 3.74. The first-order valence-corrected chi connectivity index (χ1v) is 21.7. The van der Waals surface area contributed by atoms with Crippen molar-refractivity contribution in [2.75, 3.05) is 4.90 Å². The topological polar surface area (TPSA) is 3.24 Å². The maximum atomic E-state index is 2.52. The van der Waals surface area contributed by atoms with Gasteiger partial charge in [0.2, 0.25) is 0 Å². The zero-order chi connectivity index (χ0) is 39.6. The number of benzene rings is 7. The maximum Gasteiger partial charge on any atom is 0.0465 e. The van der Waals surface area contributed by atoms with Gasteiger partial charge in [0.05, 0.1) is 0 Å². The molecular weight excluding hydrogens is 699 g/mol. The molecule has 1 heteroatoms. The highest BCUT2D eigenvalue weighted by Gasteiger charge is 2.42. The van der Waals surface area contributed by atoms with E-state index in [0.29, 0.717) is 5.92 Å². The third kappa shape index (κ3) is 5.01. The maximum absolute atomic E-state index is 2.52. The van der Waals surface area contributed by atoms with Crippen LogP contribution in [-0.4, -0.2) is 0 Å². The summed E-state index contributed by atoms with van der Waals surface area (Å²) in [6, 6.07) is 56.1. The summed E-state index contributed by atoms with van der Waals surface area (Å²) >= 11 is 0. The summed E-state index contributed by atoms with van der Waals surface area (Å²) in [4.78, 5) is 2.52. The van der Waals surface area contributed by atoms with Gasteiger partial charge < -0.3 is 4.90 Å². The van der Waals surface area contributed by atoms with Gasteiger partial charge in [0.1, 0.15) is 0 Å². The molecule has 0 amide bonds. The molecule has 0 saturated heterocycles. The summed E-state index contributed by atoms with van der Waals surface area (Å²) in [5.74, 6) is 0.675. The SMILES string of the molecule is CC1(C)c2ccccc2-c2ccc(N(c3ccc(C4CCCCC4)cc3)c3ccc4c(c3)C(C)(C)c3c-4cccc3-c3cccc4c3-c3ccccc3C4(C)C)cc21. The van der Waals surface area contributed by atoms with Gasteiger partial charge in [-0.3, -0.25) is 0 Å². The summed E-state index contributed by atoms with van der Waals surface area (Å²) in [6.45, 7) is 14.4. The molecule has 0 unspecified atom stereocenters. The van der Waals surface area contributed by atoms with Crippen molar-refractivity contribution in [1.29, 1.82) is 0 Å². The predicted octanol–water partition coefficient (Wildman–Crippen LogP) is 15.8. The standard InChI is InChI=1S/C57H53N/c1-55(2)49-24-13-11-19-47(49)53-44(20-15-25-50(53)55)46-22-14-21-45-43-33-31-40(35-52(43)57(5,6)54(45)46)58(38-28-26-37(27-29-38)36-16-8-7-9-17-36)39-30-32-42-41-18-10-12-23-48(41)56(3,4)51(42)34-39/h10-15,18-36H,7-9,16-17H2,1-6H3. The Kier molecular flexibility index (Phi) is 7.75. The molecule has 286 valence electrons. The average molecular weight is 752 g/mol. The van der Waals surface area contributed by atoms with Crippen LogP contribution in [-0.2, 0) is 16.2 Å². The molecule has 7 aromatic carbocycles. The van der Waals surface area contributed by atoms with Crippen molar-refractivity contribution in [3.05, 3.63) is 185 Å². The van der Waals surface area contributed by atoms with Gasteiger partial charge in [-0.1, -0.05) is 170 Å². The van der Waals surface area contributed by atoms with E-state index in [4.69, 9.17) is 0 Å². The molecule has 0 spiro atoms. The molecule has 1 nitrogen and oxygen atoms in total. The van der Waals surface area contributed by atoms with Crippen LogP contribution in [0.1, 0.15) is 119 Å². The molecule has 4 aliphatic carbocycles. The lowest BCUT2D eigenvalue weighted by Crippen LogP contribution is -2.18. The molecule has 0 radical (unpaired) electrons. The molecule has 0 aromatic heterocycles. The molecule has 11 rings (SSSR count). The van der Waals surface area contributed by atoms with Crippen LogP contribution >= 0.6 is 0 Å². The van der Waals surface area contributed by atoms with E-state index in [1.807, 2.05) is 0 Å². The monoisotopic (exact) mass is 751 g/mol. The smallest absolute Gasteiger partial charge is 0.0465 e. The van der Waals surface area contributed by atoms with Crippen LogP contribution in [0.4, 0.5) is 17.1 Å². The zero-order valence-corrected chi connectivity index (χ0v) is 34.9. The number of hydrogen-bond acceptors (Lipinski definition) is 1. The van der Waals surface area contributed by atoms with Gasteiger partial charge in [0.15, 0.2) is 0 Å². The van der Waals surface area contributed by atoms with Crippen molar-refractivity contribution < 1.29 is 0 Å². The minimum atomic E-state index is -0.217. The first kappa shape index (κ1) is 35.5. The number of hydrogen-bond donors (Lipinski definition) is 0. The summed E-state index contributed by atoms with van der Waals surface area (Å²) < 4.78 is 0. The molecule has 0 atom stereocenters. The third-order valence-corrected chi connectivity index (χ3v) is 14.9. The Balaban J connectivity index is 1.05. The van der Waals surface area contributed by atoms with Crippen LogP contribution in [0.3, 0.4) is 0 Å². The van der Waals surface area contributed by atoms with E-state index in [1.165, 1.54) is 133 Å². The number of nitrogens with zero attached hydrogens (tertiary/aromatic N) is 1. The molecule has 0 bridgehead atoms. The van der Waals surface area contributed by atoms with Crippen LogP contribution in [0.2, 0.25) is 0 Å². The van der Waals surface area contributed by atoms with E-state index >= 15 is 0 Å². The first-order valence-electron chi connectivity index (χ1n) is 21.7. The van der Waals surface area contributed by atoms with Gasteiger partial charge >= 0.3 is 0 Å². The number of rotatable bonds is 5. The van der Waals surface area contributed by atoms with Gasteiger partial charge in [-0.05, 0) is 139 Å². The number of anilines is 3. The third-order valence-electron chi connectivity index (χ3n) is 14.9. The van der Waals surface area contributed by atoms with E-state index in [-0.39, 0.29) is 16.2 Å². The van der Waals surface area contributed by atoms with E-state index in [2.05, 4.69) is 192 Å². The second-order valence-electron chi connectivity index (χ2n) is 19.1. The Labute approximate surface area is 345 Å². The summed E-state index contributed by atoms with van der Waals surface area (Å²) in [7, 11) is 0. The molecule has 1 saturated carbocycles. The van der Waals surface area contributed by atoms with Crippen LogP contribution < -0.4 is 4.90 Å².